The van der Waals surface area contributed by atoms with E-state index < -0.39 is 6.04 Å². The molecule has 1 aliphatic heterocycles. The molecular formula is C13H15N3O3. The first kappa shape index (κ1) is 13.3. The normalized spacial score (nSPS) is 18.7. The fourth-order valence-electron chi connectivity index (χ4n) is 1.91. The third kappa shape index (κ3) is 2.83. The second-order valence-electron chi connectivity index (χ2n) is 4.01. The zero-order valence-corrected chi connectivity index (χ0v) is 10.7. The van der Waals surface area contributed by atoms with E-state index in [1.807, 2.05) is 6.92 Å². The maximum Gasteiger partial charge on any atom is 0.260 e. The third-order valence-electron chi connectivity index (χ3n) is 2.82. The fraction of sp³-hybridized carbons (Fsp3) is 0.462. The molecule has 0 radical (unpaired) electrons. The van der Waals surface area contributed by atoms with E-state index in [1.165, 1.54) is 4.90 Å². The lowest BCUT2D eigenvalue weighted by Crippen LogP contribution is -2.48. The van der Waals surface area contributed by atoms with E-state index in [4.69, 9.17) is 14.7 Å². The minimum Gasteiger partial charge on any atom is -0.477 e. The van der Waals surface area contributed by atoms with Crippen molar-refractivity contribution in [1.29, 1.82) is 5.26 Å². The molecule has 1 saturated heterocycles. The molecule has 2 heterocycles. The number of hydrogen-bond donors (Lipinski definition) is 0. The Morgan fingerprint density at radius 2 is 2.58 bits per heavy atom. The number of ether oxygens (including phenoxy) is 2. The number of aromatic nitrogens is 1. The molecule has 1 aromatic rings. The van der Waals surface area contributed by atoms with Gasteiger partial charge in [0.2, 0.25) is 5.88 Å². The molecule has 6 nitrogen and oxygen atoms in total. The van der Waals surface area contributed by atoms with Gasteiger partial charge in [-0.3, -0.25) is 4.79 Å². The van der Waals surface area contributed by atoms with Crippen molar-refractivity contribution in [3.05, 3.63) is 23.9 Å². The summed E-state index contributed by atoms with van der Waals surface area (Å²) < 4.78 is 10.5. The number of rotatable bonds is 3. The van der Waals surface area contributed by atoms with E-state index in [9.17, 15) is 4.79 Å². The van der Waals surface area contributed by atoms with Gasteiger partial charge in [-0.2, -0.15) is 5.26 Å². The topological polar surface area (TPSA) is 75.4 Å². The average molecular weight is 261 g/mol. The van der Waals surface area contributed by atoms with Crippen LogP contribution in [0.25, 0.3) is 0 Å². The van der Waals surface area contributed by atoms with Crippen LogP contribution in [0.1, 0.15) is 17.3 Å². The van der Waals surface area contributed by atoms with E-state index >= 15 is 0 Å². The van der Waals surface area contributed by atoms with Crippen molar-refractivity contribution >= 4 is 5.91 Å². The van der Waals surface area contributed by atoms with Crippen molar-refractivity contribution in [2.24, 2.45) is 0 Å². The molecule has 1 amide bonds. The van der Waals surface area contributed by atoms with Crippen LogP contribution in [0.2, 0.25) is 0 Å². The first-order valence-corrected chi connectivity index (χ1v) is 6.14. The minimum atomic E-state index is -0.559. The molecule has 1 aliphatic rings. The summed E-state index contributed by atoms with van der Waals surface area (Å²) in [5, 5.41) is 9.06. The first-order valence-electron chi connectivity index (χ1n) is 6.14. The highest BCUT2D eigenvalue weighted by molar-refractivity contribution is 5.96. The highest BCUT2D eigenvalue weighted by Crippen LogP contribution is 2.19. The lowest BCUT2D eigenvalue weighted by atomic mass is 10.2. The van der Waals surface area contributed by atoms with Gasteiger partial charge >= 0.3 is 0 Å². The van der Waals surface area contributed by atoms with Crippen LogP contribution in [-0.4, -0.2) is 48.2 Å². The average Bonchev–Trinajstić information content (AvgIpc) is 2.47. The van der Waals surface area contributed by atoms with Gasteiger partial charge in [0.15, 0.2) is 0 Å². The Kier molecular flexibility index (Phi) is 4.31. The summed E-state index contributed by atoms with van der Waals surface area (Å²) in [6.45, 7) is 3.34. The number of nitriles is 1. The Morgan fingerprint density at radius 3 is 3.32 bits per heavy atom. The molecule has 0 saturated carbocycles. The van der Waals surface area contributed by atoms with Crippen LogP contribution in [0, 0.1) is 11.3 Å². The Hall–Kier alpha value is -2.13. The van der Waals surface area contributed by atoms with Gasteiger partial charge in [-0.05, 0) is 19.1 Å². The maximum absolute atomic E-state index is 12.5. The number of nitrogens with zero attached hydrogens (tertiary/aromatic N) is 3. The van der Waals surface area contributed by atoms with E-state index in [-0.39, 0.29) is 12.5 Å². The Balaban J connectivity index is 2.25. The first-order chi connectivity index (χ1) is 9.27. The van der Waals surface area contributed by atoms with Crippen molar-refractivity contribution in [3.8, 4) is 11.9 Å². The summed E-state index contributed by atoms with van der Waals surface area (Å²) in [7, 11) is 0. The molecule has 1 atom stereocenters. The second kappa shape index (κ2) is 6.16. The lowest BCUT2D eigenvalue weighted by Gasteiger charge is -2.31. The lowest BCUT2D eigenvalue weighted by molar-refractivity contribution is 0.0130. The van der Waals surface area contributed by atoms with Crippen LogP contribution in [-0.2, 0) is 4.74 Å². The zero-order valence-electron chi connectivity index (χ0n) is 10.7. The van der Waals surface area contributed by atoms with Gasteiger partial charge in [-0.15, -0.1) is 0 Å². The van der Waals surface area contributed by atoms with Gasteiger partial charge in [0.1, 0.15) is 11.6 Å². The molecule has 1 aromatic heterocycles. The van der Waals surface area contributed by atoms with Gasteiger partial charge < -0.3 is 14.4 Å². The van der Waals surface area contributed by atoms with Crippen LogP contribution in [0.3, 0.4) is 0 Å². The molecule has 1 unspecified atom stereocenters. The van der Waals surface area contributed by atoms with Crippen LogP contribution in [0.4, 0.5) is 0 Å². The number of hydrogen-bond acceptors (Lipinski definition) is 5. The largest absolute Gasteiger partial charge is 0.477 e. The molecule has 19 heavy (non-hydrogen) atoms. The van der Waals surface area contributed by atoms with Crippen molar-refractivity contribution in [2.75, 3.05) is 26.4 Å². The van der Waals surface area contributed by atoms with Gasteiger partial charge in [-0.25, -0.2) is 4.98 Å². The Morgan fingerprint density at radius 1 is 1.74 bits per heavy atom. The van der Waals surface area contributed by atoms with Crippen molar-refractivity contribution < 1.29 is 14.3 Å². The molecular weight excluding hydrogens is 246 g/mol. The molecule has 1 fully saturated rings. The van der Waals surface area contributed by atoms with Gasteiger partial charge in [0.25, 0.3) is 5.91 Å². The van der Waals surface area contributed by atoms with Gasteiger partial charge in [0.05, 0.1) is 25.9 Å². The molecule has 0 aliphatic carbocycles. The molecule has 0 aromatic carbocycles. The molecule has 0 bridgehead atoms. The monoisotopic (exact) mass is 261 g/mol. The third-order valence-corrected chi connectivity index (χ3v) is 2.82. The number of morpholine rings is 1. The van der Waals surface area contributed by atoms with Gasteiger partial charge in [-0.1, -0.05) is 0 Å². The van der Waals surface area contributed by atoms with E-state index in [2.05, 4.69) is 11.1 Å². The quantitative estimate of drug-likeness (QED) is 0.806. The summed E-state index contributed by atoms with van der Waals surface area (Å²) in [5.41, 5.74) is 0.381. The molecule has 2 rings (SSSR count). The highest BCUT2D eigenvalue weighted by atomic mass is 16.5. The minimum absolute atomic E-state index is 0.243. The highest BCUT2D eigenvalue weighted by Gasteiger charge is 2.29. The number of carbonyl (C=O) groups excluding carboxylic acids is 1. The summed E-state index contributed by atoms with van der Waals surface area (Å²) in [6.07, 6.45) is 1.57. The van der Waals surface area contributed by atoms with Crippen molar-refractivity contribution in [1.82, 2.24) is 9.88 Å². The number of amides is 1. The predicted octanol–water partition coefficient (Wildman–Crippen LogP) is 0.845. The maximum atomic E-state index is 12.5. The molecule has 0 spiro atoms. The Bertz CT molecular complexity index is 498. The van der Waals surface area contributed by atoms with Crippen molar-refractivity contribution in [3.63, 3.8) is 0 Å². The molecule has 100 valence electrons. The SMILES string of the molecule is CCOc1ncccc1C(=O)N1CCOCC1C#N. The zero-order chi connectivity index (χ0) is 13.7. The van der Waals surface area contributed by atoms with E-state index in [0.29, 0.717) is 31.2 Å². The summed E-state index contributed by atoms with van der Waals surface area (Å²) in [5.74, 6) is 0.0598. The van der Waals surface area contributed by atoms with Crippen molar-refractivity contribution in [2.45, 2.75) is 13.0 Å². The smallest absolute Gasteiger partial charge is 0.260 e. The predicted molar refractivity (Wildman–Crippen MR) is 66.7 cm³/mol. The second-order valence-corrected chi connectivity index (χ2v) is 4.01. The van der Waals surface area contributed by atoms with E-state index in [1.54, 1.807) is 18.3 Å². The summed E-state index contributed by atoms with van der Waals surface area (Å²) in [6, 6.07) is 4.85. The van der Waals surface area contributed by atoms with Crippen LogP contribution in [0.5, 0.6) is 5.88 Å². The van der Waals surface area contributed by atoms with E-state index in [0.717, 1.165) is 0 Å². The molecule has 6 heteroatoms. The summed E-state index contributed by atoms with van der Waals surface area (Å²) in [4.78, 5) is 18.0. The van der Waals surface area contributed by atoms with Crippen LogP contribution in [0.15, 0.2) is 18.3 Å². The number of carbonyl (C=O) groups is 1. The fourth-order valence-corrected chi connectivity index (χ4v) is 1.91. The van der Waals surface area contributed by atoms with Crippen LogP contribution >= 0.6 is 0 Å². The van der Waals surface area contributed by atoms with Crippen LogP contribution < -0.4 is 4.74 Å². The standard InChI is InChI=1S/C13H15N3O3/c1-2-19-12-11(4-3-5-15-12)13(17)16-6-7-18-9-10(16)8-14/h3-5,10H,2,6-7,9H2,1H3. The summed E-state index contributed by atoms with van der Waals surface area (Å²) >= 11 is 0. The Labute approximate surface area is 111 Å². The van der Waals surface area contributed by atoms with Gasteiger partial charge in [0, 0.05) is 12.7 Å². The number of pyridine rings is 1. The molecule has 0 N–H and O–H groups in total.